The van der Waals surface area contributed by atoms with Crippen LogP contribution >= 0.6 is 27.5 Å². The Morgan fingerprint density at radius 2 is 1.97 bits per heavy atom. The number of benzene rings is 2. The average molecular weight is 559 g/mol. The zero-order chi connectivity index (χ0) is 24.4. The molecule has 0 saturated carbocycles. The van der Waals surface area contributed by atoms with Gasteiger partial charge in [0, 0.05) is 53.5 Å². The summed E-state index contributed by atoms with van der Waals surface area (Å²) in [6.45, 7) is 7.44. The standard InChI is InChI=1S/C26H29BrClN5O2/c1-18-7-8-22(28)15-23(18)32-10-12-33(13-11-32)26(34)20-5-3-9-31(16-20)17-24-29-25(30-35-24)19-4-2-6-21(27)14-19/h2,4,6-8,14-15,20H,3,5,9-13,16-17H2,1H3. The van der Waals surface area contributed by atoms with E-state index >= 15 is 0 Å². The molecule has 0 bridgehead atoms. The molecule has 184 valence electrons. The third-order valence-electron chi connectivity index (χ3n) is 6.87. The van der Waals surface area contributed by atoms with Crippen molar-refractivity contribution in [3.05, 3.63) is 63.4 Å². The van der Waals surface area contributed by atoms with Crippen molar-refractivity contribution in [1.29, 1.82) is 0 Å². The third kappa shape index (κ3) is 5.71. The Hall–Kier alpha value is -2.42. The molecule has 0 N–H and O–H groups in total. The minimum Gasteiger partial charge on any atom is -0.368 e. The summed E-state index contributed by atoms with van der Waals surface area (Å²) in [6.07, 6.45) is 1.92. The molecule has 1 amide bonds. The van der Waals surface area contributed by atoms with E-state index in [1.807, 2.05) is 41.3 Å². The molecule has 2 saturated heterocycles. The summed E-state index contributed by atoms with van der Waals surface area (Å²) in [5.74, 6) is 1.44. The van der Waals surface area contributed by atoms with Gasteiger partial charge in [0.25, 0.3) is 0 Å². The lowest BCUT2D eigenvalue weighted by Crippen LogP contribution is -2.52. The second-order valence-corrected chi connectivity index (χ2v) is 10.7. The molecule has 2 aliphatic rings. The molecule has 1 atom stereocenters. The molecule has 35 heavy (non-hydrogen) atoms. The molecule has 0 spiro atoms. The number of hydrogen-bond donors (Lipinski definition) is 0. The lowest BCUT2D eigenvalue weighted by molar-refractivity contribution is -0.137. The van der Waals surface area contributed by atoms with Crippen LogP contribution in [-0.4, -0.2) is 65.1 Å². The summed E-state index contributed by atoms with van der Waals surface area (Å²) in [4.78, 5) is 24.5. The first-order valence-corrected chi connectivity index (χ1v) is 13.2. The summed E-state index contributed by atoms with van der Waals surface area (Å²) in [6, 6.07) is 13.8. The van der Waals surface area contributed by atoms with Gasteiger partial charge in [-0.1, -0.05) is 50.9 Å². The van der Waals surface area contributed by atoms with E-state index in [4.69, 9.17) is 16.1 Å². The number of likely N-dealkylation sites (tertiary alicyclic amines) is 1. The van der Waals surface area contributed by atoms with Crippen LogP contribution in [0, 0.1) is 12.8 Å². The van der Waals surface area contributed by atoms with E-state index in [-0.39, 0.29) is 11.8 Å². The van der Waals surface area contributed by atoms with Crippen LogP contribution in [0.25, 0.3) is 11.4 Å². The maximum atomic E-state index is 13.3. The summed E-state index contributed by atoms with van der Waals surface area (Å²) in [5.41, 5.74) is 3.28. The van der Waals surface area contributed by atoms with Crippen molar-refractivity contribution >= 4 is 39.1 Å². The molecule has 2 aliphatic heterocycles. The average Bonchev–Trinajstić information content (AvgIpc) is 3.34. The van der Waals surface area contributed by atoms with E-state index in [0.29, 0.717) is 18.3 Å². The van der Waals surface area contributed by atoms with E-state index in [2.05, 4.69) is 48.9 Å². The second kappa shape index (κ2) is 10.7. The molecule has 3 heterocycles. The smallest absolute Gasteiger partial charge is 0.241 e. The molecule has 0 radical (unpaired) electrons. The van der Waals surface area contributed by atoms with Gasteiger partial charge in [0.1, 0.15) is 0 Å². The van der Waals surface area contributed by atoms with Crippen molar-refractivity contribution in [2.75, 3.05) is 44.2 Å². The molecule has 1 unspecified atom stereocenters. The summed E-state index contributed by atoms with van der Waals surface area (Å²) < 4.78 is 6.49. The molecule has 3 aromatic rings. The SMILES string of the molecule is Cc1ccc(Cl)cc1N1CCN(C(=O)C2CCCN(Cc3nc(-c4cccc(Br)c4)no3)C2)CC1. The Balaban J connectivity index is 1.16. The van der Waals surface area contributed by atoms with Gasteiger partial charge in [-0.2, -0.15) is 4.98 Å². The van der Waals surface area contributed by atoms with Crippen LogP contribution in [0.1, 0.15) is 24.3 Å². The van der Waals surface area contributed by atoms with Crippen LogP contribution in [-0.2, 0) is 11.3 Å². The van der Waals surface area contributed by atoms with Gasteiger partial charge in [-0.05, 0) is 56.1 Å². The van der Waals surface area contributed by atoms with E-state index in [9.17, 15) is 4.79 Å². The molecule has 9 heteroatoms. The highest BCUT2D eigenvalue weighted by molar-refractivity contribution is 9.10. The number of aryl methyl sites for hydroxylation is 1. The number of aromatic nitrogens is 2. The number of halogens is 2. The number of piperidine rings is 1. The zero-order valence-corrected chi connectivity index (χ0v) is 22.1. The summed E-state index contributed by atoms with van der Waals surface area (Å²) >= 11 is 9.70. The van der Waals surface area contributed by atoms with Crippen molar-refractivity contribution in [2.45, 2.75) is 26.3 Å². The van der Waals surface area contributed by atoms with Gasteiger partial charge in [-0.3, -0.25) is 9.69 Å². The minimum atomic E-state index is 0.00989. The number of hydrogen-bond acceptors (Lipinski definition) is 6. The van der Waals surface area contributed by atoms with Gasteiger partial charge in [-0.15, -0.1) is 0 Å². The Kier molecular flexibility index (Phi) is 7.41. The number of nitrogens with zero attached hydrogens (tertiary/aromatic N) is 5. The fourth-order valence-electron chi connectivity index (χ4n) is 5.01. The largest absolute Gasteiger partial charge is 0.368 e. The molecular formula is C26H29BrClN5O2. The normalized spacial score (nSPS) is 19.2. The molecule has 7 nitrogen and oxygen atoms in total. The van der Waals surface area contributed by atoms with Crippen LogP contribution in [0.3, 0.4) is 0 Å². The van der Waals surface area contributed by atoms with Gasteiger partial charge in [0.05, 0.1) is 12.5 Å². The van der Waals surface area contributed by atoms with Crippen molar-refractivity contribution in [3.63, 3.8) is 0 Å². The Morgan fingerprint density at radius 1 is 1.14 bits per heavy atom. The first-order valence-electron chi connectivity index (χ1n) is 12.1. The van der Waals surface area contributed by atoms with Crippen molar-refractivity contribution in [3.8, 4) is 11.4 Å². The number of rotatable bonds is 5. The number of piperazine rings is 1. The van der Waals surface area contributed by atoms with E-state index in [0.717, 1.165) is 72.9 Å². The molecular weight excluding hydrogens is 530 g/mol. The van der Waals surface area contributed by atoms with E-state index in [1.54, 1.807) is 0 Å². The highest BCUT2D eigenvalue weighted by Gasteiger charge is 2.32. The van der Waals surface area contributed by atoms with E-state index in [1.165, 1.54) is 5.56 Å². The third-order valence-corrected chi connectivity index (χ3v) is 7.60. The van der Waals surface area contributed by atoms with E-state index < -0.39 is 0 Å². The number of carbonyl (C=O) groups is 1. The van der Waals surface area contributed by atoms with Gasteiger partial charge in [-0.25, -0.2) is 0 Å². The second-order valence-electron chi connectivity index (χ2n) is 9.34. The highest BCUT2D eigenvalue weighted by atomic mass is 79.9. The van der Waals surface area contributed by atoms with Gasteiger partial charge in [0.15, 0.2) is 0 Å². The van der Waals surface area contributed by atoms with Crippen molar-refractivity contribution < 1.29 is 9.32 Å². The van der Waals surface area contributed by atoms with Crippen molar-refractivity contribution in [2.24, 2.45) is 5.92 Å². The molecule has 0 aliphatic carbocycles. The monoisotopic (exact) mass is 557 g/mol. The Bertz CT molecular complexity index is 1190. The maximum Gasteiger partial charge on any atom is 0.241 e. The summed E-state index contributed by atoms with van der Waals surface area (Å²) in [7, 11) is 0. The number of anilines is 1. The predicted octanol–water partition coefficient (Wildman–Crippen LogP) is 5.02. The van der Waals surface area contributed by atoms with Crippen LogP contribution < -0.4 is 4.90 Å². The first kappa shape index (κ1) is 24.3. The molecule has 1 aromatic heterocycles. The lowest BCUT2D eigenvalue weighted by atomic mass is 9.96. The predicted molar refractivity (Wildman–Crippen MR) is 140 cm³/mol. The van der Waals surface area contributed by atoms with Gasteiger partial charge >= 0.3 is 0 Å². The van der Waals surface area contributed by atoms with Crippen LogP contribution in [0.5, 0.6) is 0 Å². The Labute approximate surface area is 219 Å². The molecule has 2 fully saturated rings. The van der Waals surface area contributed by atoms with Crippen LogP contribution in [0.4, 0.5) is 5.69 Å². The topological polar surface area (TPSA) is 65.7 Å². The fourth-order valence-corrected chi connectivity index (χ4v) is 5.57. The number of carbonyl (C=O) groups excluding carboxylic acids is 1. The summed E-state index contributed by atoms with van der Waals surface area (Å²) in [5, 5.41) is 4.89. The Morgan fingerprint density at radius 3 is 2.77 bits per heavy atom. The van der Waals surface area contributed by atoms with Gasteiger partial charge in [0.2, 0.25) is 17.6 Å². The number of amides is 1. The quantitative estimate of drug-likeness (QED) is 0.438. The first-order chi connectivity index (χ1) is 17.0. The van der Waals surface area contributed by atoms with Gasteiger partial charge < -0.3 is 14.3 Å². The fraction of sp³-hybridized carbons (Fsp3) is 0.423. The van der Waals surface area contributed by atoms with Crippen LogP contribution in [0.15, 0.2) is 51.5 Å². The minimum absolute atomic E-state index is 0.00989. The zero-order valence-electron chi connectivity index (χ0n) is 19.8. The highest BCUT2D eigenvalue weighted by Crippen LogP contribution is 2.27. The molecule has 5 rings (SSSR count). The van der Waals surface area contributed by atoms with Crippen LogP contribution in [0.2, 0.25) is 5.02 Å². The lowest BCUT2D eigenvalue weighted by Gasteiger charge is -2.40. The molecule has 2 aromatic carbocycles. The maximum absolute atomic E-state index is 13.3. The van der Waals surface area contributed by atoms with Crippen molar-refractivity contribution in [1.82, 2.24) is 19.9 Å².